The molecule has 0 aliphatic heterocycles. The van der Waals surface area contributed by atoms with Crippen molar-refractivity contribution in [2.75, 3.05) is 43.6 Å². The number of hydrogen-bond donors (Lipinski definition) is 2. The minimum atomic E-state index is -0.144. The van der Waals surface area contributed by atoms with Gasteiger partial charge in [-0.15, -0.1) is 0 Å². The fourth-order valence-corrected chi connectivity index (χ4v) is 2.29. The van der Waals surface area contributed by atoms with Crippen molar-refractivity contribution in [3.05, 3.63) is 60.7 Å². The van der Waals surface area contributed by atoms with Gasteiger partial charge in [-0.1, -0.05) is 12.6 Å². The van der Waals surface area contributed by atoms with E-state index in [-0.39, 0.29) is 12.5 Å². The molecule has 0 spiro atoms. The lowest BCUT2D eigenvalue weighted by Crippen LogP contribution is -2.21. The van der Waals surface area contributed by atoms with Gasteiger partial charge in [0.1, 0.15) is 24.7 Å². The van der Waals surface area contributed by atoms with Crippen LogP contribution in [-0.4, -0.2) is 38.9 Å². The normalized spacial score (nSPS) is 10.2. The molecule has 28 heavy (non-hydrogen) atoms. The lowest BCUT2D eigenvalue weighted by molar-refractivity contribution is -0.114. The van der Waals surface area contributed by atoms with Crippen LogP contribution in [0.3, 0.4) is 0 Å². The van der Waals surface area contributed by atoms with E-state index in [2.05, 4.69) is 17.2 Å². The summed E-state index contributed by atoms with van der Waals surface area (Å²) < 4.78 is 16.4. The van der Waals surface area contributed by atoms with Gasteiger partial charge in [-0.25, -0.2) is 0 Å². The Balaban J connectivity index is 1.76. The second kappa shape index (κ2) is 11.7. The highest BCUT2D eigenvalue weighted by Gasteiger charge is 2.04. The number of ether oxygens (including phenoxy) is 3. The minimum Gasteiger partial charge on any atom is -0.491 e. The largest absolute Gasteiger partial charge is 0.491 e. The van der Waals surface area contributed by atoms with Crippen molar-refractivity contribution in [1.29, 1.82) is 0 Å². The molecule has 0 aromatic heterocycles. The van der Waals surface area contributed by atoms with Gasteiger partial charge in [0.15, 0.2) is 0 Å². The Kier molecular flexibility index (Phi) is 8.88. The van der Waals surface area contributed by atoms with Gasteiger partial charge in [-0.2, -0.15) is 0 Å². The molecule has 0 atom stereocenters. The predicted molar refractivity (Wildman–Crippen MR) is 112 cm³/mol. The Labute approximate surface area is 166 Å². The van der Waals surface area contributed by atoms with Gasteiger partial charge in [0, 0.05) is 24.0 Å². The van der Waals surface area contributed by atoms with Crippen molar-refractivity contribution in [3.8, 4) is 11.5 Å². The van der Waals surface area contributed by atoms with E-state index in [1.807, 2.05) is 56.3 Å². The van der Waals surface area contributed by atoms with Gasteiger partial charge < -0.3 is 24.8 Å². The van der Waals surface area contributed by atoms with E-state index < -0.39 is 0 Å². The number of carbonyl (C=O) groups excluding carboxylic acids is 1. The van der Waals surface area contributed by atoms with E-state index in [9.17, 15) is 4.79 Å². The van der Waals surface area contributed by atoms with Crippen LogP contribution < -0.4 is 20.1 Å². The quantitative estimate of drug-likeness (QED) is 0.426. The summed E-state index contributed by atoms with van der Waals surface area (Å²) in [5, 5.41) is 5.94. The first-order valence-electron chi connectivity index (χ1n) is 9.28. The molecule has 0 aliphatic rings. The zero-order valence-corrected chi connectivity index (χ0v) is 16.5. The number of anilines is 2. The Morgan fingerprint density at radius 1 is 1.00 bits per heavy atom. The fourth-order valence-electron chi connectivity index (χ4n) is 2.29. The van der Waals surface area contributed by atoms with Crippen LogP contribution in [-0.2, 0) is 9.53 Å². The van der Waals surface area contributed by atoms with Crippen molar-refractivity contribution in [2.24, 2.45) is 0 Å². The number of rotatable bonds is 12. The summed E-state index contributed by atoms with van der Waals surface area (Å²) in [5.41, 5.74) is 2.48. The third kappa shape index (κ3) is 8.14. The third-order valence-electron chi connectivity index (χ3n) is 3.61. The van der Waals surface area contributed by atoms with E-state index in [1.165, 1.54) is 0 Å². The van der Waals surface area contributed by atoms with Crippen molar-refractivity contribution in [3.63, 3.8) is 0 Å². The van der Waals surface area contributed by atoms with E-state index >= 15 is 0 Å². The minimum absolute atomic E-state index is 0.144. The Hall–Kier alpha value is -2.99. The lowest BCUT2D eigenvalue weighted by Gasteiger charge is -2.11. The molecule has 0 heterocycles. The first-order chi connectivity index (χ1) is 13.6. The third-order valence-corrected chi connectivity index (χ3v) is 3.61. The average Bonchev–Trinajstić information content (AvgIpc) is 2.69. The van der Waals surface area contributed by atoms with Crippen LogP contribution >= 0.6 is 0 Å². The fraction of sp³-hybridized carbons (Fsp3) is 0.318. The molecule has 2 N–H and O–H groups in total. The molecule has 2 aromatic carbocycles. The molecule has 0 unspecified atom stereocenters. The summed E-state index contributed by atoms with van der Waals surface area (Å²) in [6, 6.07) is 14.7. The number of hydrogen-bond acceptors (Lipinski definition) is 5. The molecule has 0 bridgehead atoms. The molecule has 6 nitrogen and oxygen atoms in total. The highest BCUT2D eigenvalue weighted by Crippen LogP contribution is 2.18. The lowest BCUT2D eigenvalue weighted by atomic mass is 10.3. The topological polar surface area (TPSA) is 68.8 Å². The van der Waals surface area contributed by atoms with E-state index in [0.717, 1.165) is 17.0 Å². The second-order valence-corrected chi connectivity index (χ2v) is 6.25. The zero-order chi connectivity index (χ0) is 20.2. The number of amides is 1. The maximum Gasteiger partial charge on any atom is 0.243 e. The monoisotopic (exact) mass is 384 g/mol. The first-order valence-corrected chi connectivity index (χ1v) is 9.28. The molecule has 150 valence electrons. The van der Waals surface area contributed by atoms with Crippen LogP contribution in [0.15, 0.2) is 60.7 Å². The summed E-state index contributed by atoms with van der Waals surface area (Å²) in [5.74, 6) is 1.31. The Morgan fingerprint density at radius 3 is 2.50 bits per heavy atom. The van der Waals surface area contributed by atoms with Crippen molar-refractivity contribution >= 4 is 17.3 Å². The molecule has 0 radical (unpaired) electrons. The Bertz CT molecular complexity index is 759. The molecule has 2 aromatic rings. The van der Waals surface area contributed by atoms with Gasteiger partial charge in [0.2, 0.25) is 5.91 Å². The molecule has 2 rings (SSSR count). The molecular formula is C22H28N2O4. The first kappa shape index (κ1) is 21.3. The summed E-state index contributed by atoms with van der Waals surface area (Å²) in [6.45, 7) is 9.97. The highest BCUT2D eigenvalue weighted by atomic mass is 16.5. The molecule has 0 saturated carbocycles. The summed E-state index contributed by atoms with van der Waals surface area (Å²) >= 11 is 0. The highest BCUT2D eigenvalue weighted by molar-refractivity contribution is 5.93. The van der Waals surface area contributed by atoms with E-state index in [1.54, 1.807) is 6.07 Å². The van der Waals surface area contributed by atoms with Crippen LogP contribution in [0.2, 0.25) is 0 Å². The van der Waals surface area contributed by atoms with Crippen LogP contribution in [0.1, 0.15) is 13.8 Å². The summed E-state index contributed by atoms with van der Waals surface area (Å²) in [6.07, 6.45) is 0. The van der Waals surface area contributed by atoms with Crippen LogP contribution in [0.25, 0.3) is 0 Å². The standard InChI is InChI=1S/C22H28N2O4/c1-4-26-12-13-27-21-7-5-6-19(14-21)24-22(25)15-23-18-8-10-20(11-9-18)28-16-17(2)3/h5-11,14,23H,2,4,12-13,15-16H2,1,3H3,(H,24,25). The summed E-state index contributed by atoms with van der Waals surface area (Å²) in [7, 11) is 0. The van der Waals surface area contributed by atoms with Crippen molar-refractivity contribution < 1.29 is 19.0 Å². The maximum atomic E-state index is 12.2. The molecule has 0 fully saturated rings. The van der Waals surface area contributed by atoms with Gasteiger partial charge in [0.05, 0.1) is 13.2 Å². The van der Waals surface area contributed by atoms with Gasteiger partial charge in [-0.05, 0) is 55.8 Å². The number of nitrogens with one attached hydrogen (secondary N) is 2. The van der Waals surface area contributed by atoms with Gasteiger partial charge >= 0.3 is 0 Å². The van der Waals surface area contributed by atoms with Crippen LogP contribution in [0, 0.1) is 0 Å². The van der Waals surface area contributed by atoms with Gasteiger partial charge in [-0.3, -0.25) is 4.79 Å². The van der Waals surface area contributed by atoms with E-state index in [4.69, 9.17) is 14.2 Å². The average molecular weight is 384 g/mol. The van der Waals surface area contributed by atoms with Crippen molar-refractivity contribution in [1.82, 2.24) is 0 Å². The van der Waals surface area contributed by atoms with Crippen LogP contribution in [0.5, 0.6) is 11.5 Å². The molecular weight excluding hydrogens is 356 g/mol. The number of benzene rings is 2. The Morgan fingerprint density at radius 2 is 1.79 bits per heavy atom. The van der Waals surface area contributed by atoms with E-state index in [0.29, 0.717) is 37.9 Å². The predicted octanol–water partition coefficient (Wildman–Crippen LogP) is 4.11. The smallest absolute Gasteiger partial charge is 0.243 e. The molecule has 1 amide bonds. The zero-order valence-electron chi connectivity index (χ0n) is 16.5. The summed E-state index contributed by atoms with van der Waals surface area (Å²) in [4.78, 5) is 12.2. The second-order valence-electron chi connectivity index (χ2n) is 6.25. The number of carbonyl (C=O) groups is 1. The van der Waals surface area contributed by atoms with Gasteiger partial charge in [0.25, 0.3) is 0 Å². The van der Waals surface area contributed by atoms with Crippen LogP contribution in [0.4, 0.5) is 11.4 Å². The molecule has 6 heteroatoms. The molecule has 0 aliphatic carbocycles. The van der Waals surface area contributed by atoms with Crippen molar-refractivity contribution in [2.45, 2.75) is 13.8 Å². The maximum absolute atomic E-state index is 12.2. The molecule has 0 saturated heterocycles. The SMILES string of the molecule is C=C(C)COc1ccc(NCC(=O)Nc2cccc(OCCOCC)c2)cc1.